The van der Waals surface area contributed by atoms with E-state index in [0.29, 0.717) is 0 Å². The van der Waals surface area contributed by atoms with Gasteiger partial charge in [-0.2, -0.15) is 0 Å². The first kappa shape index (κ1) is 15.6. The van der Waals surface area contributed by atoms with Crippen LogP contribution in [0.2, 0.25) is 0 Å². The number of anilines is 1. The van der Waals surface area contributed by atoms with E-state index in [1.54, 1.807) is 0 Å². The van der Waals surface area contributed by atoms with E-state index in [1.165, 1.54) is 5.56 Å². The number of pyridine rings is 1. The summed E-state index contributed by atoms with van der Waals surface area (Å²) in [6, 6.07) is 2.28. The molecule has 0 bridgehead atoms. The van der Waals surface area contributed by atoms with Crippen molar-refractivity contribution >= 4 is 11.8 Å². The van der Waals surface area contributed by atoms with E-state index in [0.717, 1.165) is 30.9 Å². The van der Waals surface area contributed by atoms with Crippen molar-refractivity contribution in [2.24, 2.45) is 0 Å². The number of alkyl carbamates (subject to hydrolysis) is 1. The SMILES string of the molecule is Cc1cc(N2CC[C@@H](NC(=O)OC(C)(C)C)C2)cnc1C. The number of hydrogen-bond donors (Lipinski definition) is 1. The van der Waals surface area contributed by atoms with Gasteiger partial charge in [-0.15, -0.1) is 0 Å². The molecule has 1 aliphatic heterocycles. The van der Waals surface area contributed by atoms with E-state index in [9.17, 15) is 4.79 Å². The largest absolute Gasteiger partial charge is 0.444 e. The summed E-state index contributed by atoms with van der Waals surface area (Å²) in [6.07, 6.45) is 2.48. The summed E-state index contributed by atoms with van der Waals surface area (Å²) in [6.45, 7) is 11.4. The fourth-order valence-corrected chi connectivity index (χ4v) is 2.39. The molecular formula is C16H25N3O2. The third kappa shape index (κ3) is 4.34. The molecule has 1 saturated heterocycles. The standard InChI is InChI=1S/C16H25N3O2/c1-11-8-14(9-17-12(11)2)19-7-6-13(10-19)18-15(20)21-16(3,4)5/h8-9,13H,6-7,10H2,1-5H3,(H,18,20)/t13-/m1/s1. The molecule has 5 heteroatoms. The number of hydrogen-bond acceptors (Lipinski definition) is 4. The van der Waals surface area contributed by atoms with Crippen LogP contribution in [0.15, 0.2) is 12.3 Å². The summed E-state index contributed by atoms with van der Waals surface area (Å²) in [5, 5.41) is 2.94. The Hall–Kier alpha value is -1.78. The number of aryl methyl sites for hydroxylation is 2. The van der Waals surface area contributed by atoms with Gasteiger partial charge in [0, 0.05) is 18.8 Å². The Morgan fingerprint density at radius 2 is 2.14 bits per heavy atom. The van der Waals surface area contributed by atoms with E-state index < -0.39 is 5.60 Å². The summed E-state index contributed by atoms with van der Waals surface area (Å²) >= 11 is 0. The highest BCUT2D eigenvalue weighted by atomic mass is 16.6. The minimum atomic E-state index is -0.458. The quantitative estimate of drug-likeness (QED) is 0.910. The summed E-state index contributed by atoms with van der Waals surface area (Å²) in [4.78, 5) is 18.4. The first-order valence-electron chi connectivity index (χ1n) is 7.42. The second kappa shape index (κ2) is 5.92. The summed E-state index contributed by atoms with van der Waals surface area (Å²) in [7, 11) is 0. The van der Waals surface area contributed by atoms with Crippen LogP contribution in [0.5, 0.6) is 0 Å². The molecule has 0 aromatic carbocycles. The molecule has 2 rings (SSSR count). The van der Waals surface area contributed by atoms with Crippen molar-refractivity contribution in [3.05, 3.63) is 23.5 Å². The van der Waals surface area contributed by atoms with Gasteiger partial charge in [-0.25, -0.2) is 4.79 Å². The highest BCUT2D eigenvalue weighted by molar-refractivity contribution is 5.68. The van der Waals surface area contributed by atoms with E-state index in [1.807, 2.05) is 33.9 Å². The van der Waals surface area contributed by atoms with Gasteiger partial charge in [-0.05, 0) is 52.7 Å². The maximum atomic E-state index is 11.8. The molecule has 0 radical (unpaired) electrons. The molecular weight excluding hydrogens is 266 g/mol. The molecule has 1 amide bonds. The van der Waals surface area contributed by atoms with E-state index in [4.69, 9.17) is 4.74 Å². The number of rotatable bonds is 2. The van der Waals surface area contributed by atoms with Crippen LogP contribution >= 0.6 is 0 Å². The molecule has 0 unspecified atom stereocenters. The molecule has 1 aliphatic rings. The molecule has 1 fully saturated rings. The lowest BCUT2D eigenvalue weighted by atomic mass is 10.2. The Balaban J connectivity index is 1.91. The van der Waals surface area contributed by atoms with Gasteiger partial charge in [0.25, 0.3) is 0 Å². The normalized spacial score (nSPS) is 18.7. The minimum Gasteiger partial charge on any atom is -0.444 e. The third-order valence-electron chi connectivity index (χ3n) is 3.60. The van der Waals surface area contributed by atoms with Crippen molar-refractivity contribution in [3.63, 3.8) is 0 Å². The molecule has 0 spiro atoms. The van der Waals surface area contributed by atoms with Gasteiger partial charge in [0.1, 0.15) is 5.60 Å². The lowest BCUT2D eigenvalue weighted by molar-refractivity contribution is 0.0509. The maximum Gasteiger partial charge on any atom is 0.407 e. The smallest absolute Gasteiger partial charge is 0.407 e. The molecule has 0 saturated carbocycles. The lowest BCUT2D eigenvalue weighted by Crippen LogP contribution is -2.40. The number of carbonyl (C=O) groups excluding carboxylic acids is 1. The first-order valence-corrected chi connectivity index (χ1v) is 7.42. The second-order valence-corrected chi connectivity index (χ2v) is 6.67. The fraction of sp³-hybridized carbons (Fsp3) is 0.625. The fourth-order valence-electron chi connectivity index (χ4n) is 2.39. The predicted molar refractivity (Wildman–Crippen MR) is 83.7 cm³/mol. The van der Waals surface area contributed by atoms with Gasteiger partial charge in [0.2, 0.25) is 0 Å². The number of carbonyl (C=O) groups is 1. The first-order chi connectivity index (χ1) is 9.74. The minimum absolute atomic E-state index is 0.126. The molecule has 5 nitrogen and oxygen atoms in total. The predicted octanol–water partition coefficient (Wildman–Crippen LogP) is 2.80. The van der Waals surface area contributed by atoms with Crippen LogP contribution in [-0.2, 0) is 4.74 Å². The average Bonchev–Trinajstić information content (AvgIpc) is 2.78. The van der Waals surface area contributed by atoms with Crippen LogP contribution in [0, 0.1) is 13.8 Å². The van der Waals surface area contributed by atoms with E-state index >= 15 is 0 Å². The lowest BCUT2D eigenvalue weighted by Gasteiger charge is -2.22. The van der Waals surface area contributed by atoms with Crippen LogP contribution in [0.1, 0.15) is 38.4 Å². The summed E-state index contributed by atoms with van der Waals surface area (Å²) in [5.41, 5.74) is 2.91. The Morgan fingerprint density at radius 1 is 1.43 bits per heavy atom. The third-order valence-corrected chi connectivity index (χ3v) is 3.60. The van der Waals surface area contributed by atoms with Gasteiger partial charge in [0.05, 0.1) is 17.9 Å². The van der Waals surface area contributed by atoms with Crippen LogP contribution < -0.4 is 10.2 Å². The molecule has 116 valence electrons. The van der Waals surface area contributed by atoms with E-state index in [-0.39, 0.29) is 12.1 Å². The number of nitrogens with one attached hydrogen (secondary N) is 1. The monoisotopic (exact) mass is 291 g/mol. The van der Waals surface area contributed by atoms with Crippen molar-refractivity contribution < 1.29 is 9.53 Å². The summed E-state index contributed by atoms with van der Waals surface area (Å²) in [5.74, 6) is 0. The molecule has 1 N–H and O–H groups in total. The average molecular weight is 291 g/mol. The molecule has 21 heavy (non-hydrogen) atoms. The van der Waals surface area contributed by atoms with E-state index in [2.05, 4.69) is 28.2 Å². The molecule has 1 aromatic heterocycles. The van der Waals surface area contributed by atoms with Gasteiger partial charge in [-0.1, -0.05) is 0 Å². The maximum absolute atomic E-state index is 11.8. The van der Waals surface area contributed by atoms with Crippen LogP contribution in [-0.4, -0.2) is 35.8 Å². The van der Waals surface area contributed by atoms with Gasteiger partial charge < -0.3 is 15.0 Å². The van der Waals surface area contributed by atoms with Gasteiger partial charge in [-0.3, -0.25) is 4.98 Å². The second-order valence-electron chi connectivity index (χ2n) is 6.67. The zero-order valence-electron chi connectivity index (χ0n) is 13.6. The zero-order chi connectivity index (χ0) is 15.6. The van der Waals surface area contributed by atoms with Crippen molar-refractivity contribution in [3.8, 4) is 0 Å². The number of ether oxygens (including phenoxy) is 1. The van der Waals surface area contributed by atoms with Crippen LogP contribution in [0.4, 0.5) is 10.5 Å². The van der Waals surface area contributed by atoms with Crippen molar-refractivity contribution in [1.29, 1.82) is 0 Å². The van der Waals surface area contributed by atoms with Crippen molar-refractivity contribution in [2.75, 3.05) is 18.0 Å². The highest BCUT2D eigenvalue weighted by Crippen LogP contribution is 2.21. The number of aromatic nitrogens is 1. The van der Waals surface area contributed by atoms with Gasteiger partial charge >= 0.3 is 6.09 Å². The zero-order valence-corrected chi connectivity index (χ0v) is 13.6. The molecule has 0 aliphatic carbocycles. The van der Waals surface area contributed by atoms with Crippen molar-refractivity contribution in [2.45, 2.75) is 52.7 Å². The number of amides is 1. The Bertz CT molecular complexity index is 523. The Kier molecular flexibility index (Phi) is 4.40. The molecule has 2 heterocycles. The van der Waals surface area contributed by atoms with Crippen LogP contribution in [0.25, 0.3) is 0 Å². The topological polar surface area (TPSA) is 54.5 Å². The summed E-state index contributed by atoms with van der Waals surface area (Å²) < 4.78 is 5.29. The Morgan fingerprint density at radius 3 is 2.76 bits per heavy atom. The van der Waals surface area contributed by atoms with Gasteiger partial charge in [0.15, 0.2) is 0 Å². The number of nitrogens with zero attached hydrogens (tertiary/aromatic N) is 2. The van der Waals surface area contributed by atoms with Crippen molar-refractivity contribution in [1.82, 2.24) is 10.3 Å². The molecule has 1 aromatic rings. The molecule has 1 atom stereocenters. The Labute approximate surface area is 126 Å². The van der Waals surface area contributed by atoms with Crippen LogP contribution in [0.3, 0.4) is 0 Å². The highest BCUT2D eigenvalue weighted by Gasteiger charge is 2.26.